The first kappa shape index (κ1) is 16.1. The van der Waals surface area contributed by atoms with Crippen LogP contribution in [0.2, 0.25) is 0 Å². The fourth-order valence-electron chi connectivity index (χ4n) is 1.09. The average molecular weight is 305 g/mol. The molecule has 0 aliphatic rings. The lowest BCUT2D eigenvalue weighted by Gasteiger charge is -2.04. The van der Waals surface area contributed by atoms with Crippen LogP contribution in [-0.4, -0.2) is 33.5 Å². The predicted molar refractivity (Wildman–Crippen MR) is 69.1 cm³/mol. The molecular formula is C12H17BrO4. The first-order chi connectivity index (χ1) is 7.82. The van der Waals surface area contributed by atoms with Gasteiger partial charge in [-0.25, -0.2) is 4.79 Å². The number of hydrogen-bond acceptors (Lipinski definition) is 3. The van der Waals surface area contributed by atoms with Crippen molar-refractivity contribution in [3.8, 4) is 0 Å². The summed E-state index contributed by atoms with van der Waals surface area (Å²) in [5.74, 6) is -0.896. The van der Waals surface area contributed by atoms with Crippen LogP contribution in [0.25, 0.3) is 0 Å². The summed E-state index contributed by atoms with van der Waals surface area (Å²) in [6, 6.07) is 6.49. The number of aliphatic hydroxyl groups is 2. The molecule has 17 heavy (non-hydrogen) atoms. The molecule has 1 aromatic rings. The second-order valence-corrected chi connectivity index (χ2v) is 4.66. The van der Waals surface area contributed by atoms with Gasteiger partial charge in [-0.2, -0.15) is 0 Å². The molecule has 0 saturated heterocycles. The Hall–Kier alpha value is -0.910. The number of aromatic carboxylic acids is 1. The Bertz CT molecular complexity index is 327. The number of benzene rings is 1. The smallest absolute Gasteiger partial charge is 0.335 e. The molecule has 1 aromatic carbocycles. The van der Waals surface area contributed by atoms with Crippen LogP contribution >= 0.6 is 15.9 Å². The van der Waals surface area contributed by atoms with Crippen molar-refractivity contribution in [1.82, 2.24) is 0 Å². The van der Waals surface area contributed by atoms with Crippen molar-refractivity contribution in [3.63, 3.8) is 0 Å². The first-order valence-electron chi connectivity index (χ1n) is 5.18. The highest BCUT2D eigenvalue weighted by Gasteiger charge is 1.99. The van der Waals surface area contributed by atoms with Gasteiger partial charge in [-0.15, -0.1) is 0 Å². The number of aliphatic hydroxyl groups excluding tert-OH is 2. The normalized spacial score (nSPS) is 13.2. The number of rotatable bonds is 3. The van der Waals surface area contributed by atoms with E-state index in [9.17, 15) is 4.79 Å². The molecule has 2 atom stereocenters. The van der Waals surface area contributed by atoms with Crippen LogP contribution in [0.3, 0.4) is 0 Å². The number of hydrogen-bond donors (Lipinski definition) is 3. The molecule has 0 fully saturated rings. The molecule has 0 radical (unpaired) electrons. The lowest BCUT2D eigenvalue weighted by Crippen LogP contribution is -2.10. The van der Waals surface area contributed by atoms with E-state index in [1.165, 1.54) is 0 Å². The summed E-state index contributed by atoms with van der Waals surface area (Å²) < 4.78 is 0.887. The first-order valence-corrected chi connectivity index (χ1v) is 5.97. The largest absolute Gasteiger partial charge is 0.478 e. The van der Waals surface area contributed by atoms with Crippen LogP contribution in [0.4, 0.5) is 0 Å². The van der Waals surface area contributed by atoms with Gasteiger partial charge < -0.3 is 15.3 Å². The zero-order chi connectivity index (χ0) is 13.4. The van der Waals surface area contributed by atoms with Crippen molar-refractivity contribution in [1.29, 1.82) is 0 Å². The van der Waals surface area contributed by atoms with Gasteiger partial charge in [-0.1, -0.05) is 15.9 Å². The fourth-order valence-corrected chi connectivity index (χ4v) is 1.35. The molecule has 0 saturated carbocycles. The van der Waals surface area contributed by atoms with Crippen molar-refractivity contribution >= 4 is 21.9 Å². The molecular weight excluding hydrogens is 288 g/mol. The molecule has 0 heterocycles. The van der Waals surface area contributed by atoms with E-state index in [0.717, 1.165) is 4.47 Å². The summed E-state index contributed by atoms with van der Waals surface area (Å²) in [4.78, 5) is 10.3. The van der Waals surface area contributed by atoms with Gasteiger partial charge in [0.25, 0.3) is 0 Å². The van der Waals surface area contributed by atoms with E-state index in [1.807, 2.05) is 0 Å². The van der Waals surface area contributed by atoms with Crippen LogP contribution in [-0.2, 0) is 0 Å². The van der Waals surface area contributed by atoms with Crippen LogP contribution in [0.5, 0.6) is 0 Å². The van der Waals surface area contributed by atoms with Gasteiger partial charge >= 0.3 is 5.97 Å². The zero-order valence-electron chi connectivity index (χ0n) is 9.80. The Morgan fingerprint density at radius 3 is 1.82 bits per heavy atom. The Balaban J connectivity index is 0.000000325. The Morgan fingerprint density at radius 1 is 1.18 bits per heavy atom. The Labute approximate surface area is 109 Å². The molecule has 5 heteroatoms. The molecule has 96 valence electrons. The quantitative estimate of drug-likeness (QED) is 0.800. The molecule has 3 N–H and O–H groups in total. The molecule has 0 amide bonds. The molecule has 0 aliphatic carbocycles. The minimum atomic E-state index is -0.896. The van der Waals surface area contributed by atoms with E-state index in [2.05, 4.69) is 15.9 Å². The zero-order valence-corrected chi connectivity index (χ0v) is 11.4. The van der Waals surface area contributed by atoms with Gasteiger partial charge in [0.2, 0.25) is 0 Å². The summed E-state index contributed by atoms with van der Waals surface area (Å²) in [6.07, 6.45) is -0.278. The van der Waals surface area contributed by atoms with Crippen molar-refractivity contribution in [2.75, 3.05) is 0 Å². The van der Waals surface area contributed by atoms with Crippen LogP contribution in [0.15, 0.2) is 28.7 Å². The molecule has 2 unspecified atom stereocenters. The van der Waals surface area contributed by atoms with E-state index < -0.39 is 5.97 Å². The number of carboxylic acids is 1. The van der Waals surface area contributed by atoms with Gasteiger partial charge in [0.15, 0.2) is 0 Å². The summed E-state index contributed by atoms with van der Waals surface area (Å²) in [5, 5.41) is 25.6. The molecule has 4 nitrogen and oxygen atoms in total. The van der Waals surface area contributed by atoms with Crippen molar-refractivity contribution in [2.24, 2.45) is 0 Å². The van der Waals surface area contributed by atoms with E-state index in [1.54, 1.807) is 38.1 Å². The van der Waals surface area contributed by atoms with Crippen molar-refractivity contribution < 1.29 is 20.1 Å². The summed E-state index contributed by atoms with van der Waals surface area (Å²) in [5.41, 5.74) is 0.309. The summed E-state index contributed by atoms with van der Waals surface area (Å²) in [6.45, 7) is 3.32. The fraction of sp³-hybridized carbons (Fsp3) is 0.417. The second-order valence-electron chi connectivity index (χ2n) is 3.75. The maximum Gasteiger partial charge on any atom is 0.335 e. The maximum atomic E-state index is 10.3. The van der Waals surface area contributed by atoms with E-state index in [-0.39, 0.29) is 12.2 Å². The van der Waals surface area contributed by atoms with Crippen LogP contribution in [0.1, 0.15) is 30.6 Å². The Morgan fingerprint density at radius 2 is 1.59 bits per heavy atom. The lowest BCUT2D eigenvalue weighted by atomic mass is 10.2. The number of halogens is 1. The highest BCUT2D eigenvalue weighted by atomic mass is 79.9. The lowest BCUT2D eigenvalue weighted by molar-refractivity contribution is 0.0696. The molecule has 0 aliphatic heterocycles. The monoisotopic (exact) mass is 304 g/mol. The number of carboxylic acid groups (broad SMARTS) is 1. The molecule has 1 rings (SSSR count). The molecule has 0 bridgehead atoms. The average Bonchev–Trinajstić information content (AvgIpc) is 2.16. The van der Waals surface area contributed by atoms with Gasteiger partial charge in [0.05, 0.1) is 17.8 Å². The third-order valence-electron chi connectivity index (χ3n) is 1.77. The van der Waals surface area contributed by atoms with E-state index in [4.69, 9.17) is 15.3 Å². The topological polar surface area (TPSA) is 77.8 Å². The highest BCUT2D eigenvalue weighted by molar-refractivity contribution is 9.10. The third kappa shape index (κ3) is 8.85. The minimum absolute atomic E-state index is 0.309. The highest BCUT2D eigenvalue weighted by Crippen LogP contribution is 2.09. The van der Waals surface area contributed by atoms with Crippen LogP contribution in [0, 0.1) is 0 Å². The molecule has 0 spiro atoms. The van der Waals surface area contributed by atoms with Crippen molar-refractivity contribution in [3.05, 3.63) is 34.3 Å². The maximum absolute atomic E-state index is 10.3. The summed E-state index contributed by atoms with van der Waals surface area (Å²) in [7, 11) is 0. The minimum Gasteiger partial charge on any atom is -0.478 e. The van der Waals surface area contributed by atoms with E-state index in [0.29, 0.717) is 12.0 Å². The van der Waals surface area contributed by atoms with Gasteiger partial charge in [-0.05, 0) is 44.5 Å². The Kier molecular flexibility index (Phi) is 7.78. The van der Waals surface area contributed by atoms with Gasteiger partial charge in [0.1, 0.15) is 0 Å². The van der Waals surface area contributed by atoms with Crippen LogP contribution < -0.4 is 0 Å². The SMILES string of the molecule is CC(O)CC(C)O.O=C(O)c1ccc(Br)cc1. The van der Waals surface area contributed by atoms with Crippen molar-refractivity contribution in [2.45, 2.75) is 32.5 Å². The van der Waals surface area contributed by atoms with Gasteiger partial charge in [0, 0.05) is 4.47 Å². The third-order valence-corrected chi connectivity index (χ3v) is 2.30. The standard InChI is InChI=1S/C7H5BrO2.C5H12O2/c8-6-3-1-5(2-4-6)7(9)10;1-4(6)3-5(2)7/h1-4H,(H,9,10);4-7H,3H2,1-2H3. The molecule has 0 aromatic heterocycles. The summed E-state index contributed by atoms with van der Waals surface area (Å²) >= 11 is 3.20. The van der Waals surface area contributed by atoms with E-state index >= 15 is 0 Å². The van der Waals surface area contributed by atoms with Gasteiger partial charge in [-0.3, -0.25) is 0 Å². The second kappa shape index (κ2) is 8.22. The number of carbonyl (C=O) groups is 1. The predicted octanol–water partition coefficient (Wildman–Crippen LogP) is 2.29.